The van der Waals surface area contributed by atoms with Crippen LogP contribution in [0, 0.1) is 5.82 Å². The van der Waals surface area contributed by atoms with Crippen LogP contribution >= 0.6 is 0 Å². The van der Waals surface area contributed by atoms with Crippen LogP contribution in [0.4, 0.5) is 4.39 Å². The zero-order valence-electron chi connectivity index (χ0n) is 30.6. The quantitative estimate of drug-likeness (QED) is 0.171. The topological polar surface area (TPSA) is 48.5 Å². The Morgan fingerprint density at radius 1 is 0.333 bits per heavy atom. The first-order valence-electron chi connectivity index (χ1n) is 19.0. The third-order valence-corrected chi connectivity index (χ3v) is 10.8. The minimum atomic E-state index is -0.295. The van der Waals surface area contributed by atoms with Crippen LogP contribution < -0.4 is 0 Å². The molecule has 0 aliphatic rings. The van der Waals surface area contributed by atoms with Crippen molar-refractivity contribution in [3.8, 4) is 56.7 Å². The molecule has 8 aromatic carbocycles. The number of hydrogen-bond donors (Lipinski definition) is 0. The van der Waals surface area contributed by atoms with Crippen molar-refractivity contribution < 1.29 is 4.39 Å². The molecule has 5 nitrogen and oxygen atoms in total. The summed E-state index contributed by atoms with van der Waals surface area (Å²) in [5, 5.41) is 4.65. The predicted molar refractivity (Wildman–Crippen MR) is 230 cm³/mol. The van der Waals surface area contributed by atoms with Gasteiger partial charge in [-0.15, -0.1) is 0 Å². The predicted octanol–water partition coefficient (Wildman–Crippen LogP) is 12.9. The highest BCUT2D eigenvalue weighted by atomic mass is 19.1. The Hall–Kier alpha value is -7.70. The first kappa shape index (κ1) is 32.7. The van der Waals surface area contributed by atoms with Gasteiger partial charge >= 0.3 is 0 Å². The van der Waals surface area contributed by atoms with Gasteiger partial charge in [0.05, 0.1) is 27.8 Å². The van der Waals surface area contributed by atoms with E-state index in [1.165, 1.54) is 16.8 Å². The summed E-state index contributed by atoms with van der Waals surface area (Å²) in [4.78, 5) is 15.1. The van der Waals surface area contributed by atoms with Gasteiger partial charge in [-0.2, -0.15) is 0 Å². The molecule has 0 fully saturated rings. The zero-order valence-corrected chi connectivity index (χ0v) is 30.6. The molecule has 6 heteroatoms. The Morgan fingerprint density at radius 2 is 0.825 bits per heavy atom. The van der Waals surface area contributed by atoms with Crippen LogP contribution in [0.25, 0.3) is 100 Å². The van der Waals surface area contributed by atoms with Crippen LogP contribution in [0.3, 0.4) is 0 Å². The average molecular weight is 734 g/mol. The van der Waals surface area contributed by atoms with E-state index < -0.39 is 0 Å². The van der Waals surface area contributed by atoms with Crippen LogP contribution in [-0.4, -0.2) is 24.1 Å². The fourth-order valence-corrected chi connectivity index (χ4v) is 8.25. The maximum atomic E-state index is 15.0. The highest BCUT2D eigenvalue weighted by Gasteiger charge is 2.21. The summed E-state index contributed by atoms with van der Waals surface area (Å²) in [5.74, 6) is 1.42. The van der Waals surface area contributed by atoms with E-state index in [9.17, 15) is 0 Å². The first-order valence-corrected chi connectivity index (χ1v) is 19.0. The number of para-hydroxylation sites is 3. The Kier molecular flexibility index (Phi) is 7.60. The molecular weight excluding hydrogens is 702 g/mol. The van der Waals surface area contributed by atoms with E-state index in [-0.39, 0.29) is 5.82 Å². The van der Waals surface area contributed by atoms with Gasteiger partial charge in [-0.05, 0) is 54.1 Å². The van der Waals surface area contributed by atoms with Crippen LogP contribution in [0.5, 0.6) is 0 Å². The van der Waals surface area contributed by atoms with E-state index in [0.717, 1.165) is 72.0 Å². The monoisotopic (exact) mass is 733 g/mol. The summed E-state index contributed by atoms with van der Waals surface area (Å²) in [6.07, 6.45) is 0. The molecule has 0 amide bonds. The second kappa shape index (κ2) is 13.3. The van der Waals surface area contributed by atoms with Gasteiger partial charge in [0.1, 0.15) is 5.82 Å². The molecule has 0 radical (unpaired) electrons. The average Bonchev–Trinajstić information content (AvgIpc) is 3.79. The molecule has 0 aliphatic carbocycles. The molecule has 0 bridgehead atoms. The molecule has 11 rings (SSSR count). The van der Waals surface area contributed by atoms with Crippen molar-refractivity contribution >= 4 is 43.6 Å². The van der Waals surface area contributed by atoms with Gasteiger partial charge in [0.15, 0.2) is 17.5 Å². The maximum absolute atomic E-state index is 15.0. The number of fused-ring (bicyclic) bond motifs is 6. The number of hydrogen-bond acceptors (Lipinski definition) is 3. The van der Waals surface area contributed by atoms with Crippen molar-refractivity contribution in [3.63, 3.8) is 0 Å². The molecule has 57 heavy (non-hydrogen) atoms. The minimum Gasteiger partial charge on any atom is -0.309 e. The number of rotatable bonds is 6. The highest BCUT2D eigenvalue weighted by molar-refractivity contribution is 6.12. The summed E-state index contributed by atoms with van der Waals surface area (Å²) in [6.45, 7) is 0. The highest BCUT2D eigenvalue weighted by Crippen LogP contribution is 2.40. The lowest BCUT2D eigenvalue weighted by Crippen LogP contribution is -2.02. The van der Waals surface area contributed by atoms with Crippen molar-refractivity contribution in [2.45, 2.75) is 0 Å². The van der Waals surface area contributed by atoms with Crippen LogP contribution in [0.15, 0.2) is 194 Å². The molecule has 11 aromatic rings. The molecule has 0 spiro atoms. The van der Waals surface area contributed by atoms with E-state index >= 15 is 4.39 Å². The third kappa shape index (κ3) is 5.49. The minimum absolute atomic E-state index is 0.295. The van der Waals surface area contributed by atoms with Crippen molar-refractivity contribution in [1.29, 1.82) is 0 Å². The number of benzene rings is 8. The van der Waals surface area contributed by atoms with Crippen molar-refractivity contribution in [2.24, 2.45) is 0 Å². The summed E-state index contributed by atoms with van der Waals surface area (Å²) < 4.78 is 19.7. The number of nitrogens with zero attached hydrogens (tertiary/aromatic N) is 5. The lowest BCUT2D eigenvalue weighted by Gasteiger charge is -2.17. The molecular formula is C51H32FN5. The fraction of sp³-hybridized carbons (Fsp3) is 0. The maximum Gasteiger partial charge on any atom is 0.164 e. The van der Waals surface area contributed by atoms with Crippen LogP contribution in [0.1, 0.15) is 0 Å². The van der Waals surface area contributed by atoms with E-state index in [4.69, 9.17) is 15.0 Å². The van der Waals surface area contributed by atoms with E-state index in [2.05, 4.69) is 112 Å². The first-order chi connectivity index (χ1) is 28.2. The van der Waals surface area contributed by atoms with Gasteiger partial charge < -0.3 is 9.13 Å². The number of aromatic nitrogens is 5. The molecule has 0 aliphatic heterocycles. The fourth-order valence-electron chi connectivity index (χ4n) is 8.25. The number of halogens is 1. The smallest absolute Gasteiger partial charge is 0.164 e. The summed E-state index contributed by atoms with van der Waals surface area (Å²) in [7, 11) is 0. The normalized spacial score (nSPS) is 11.6. The van der Waals surface area contributed by atoms with E-state index in [1.54, 1.807) is 12.1 Å². The van der Waals surface area contributed by atoms with Gasteiger partial charge in [0.25, 0.3) is 0 Å². The van der Waals surface area contributed by atoms with Gasteiger partial charge in [0, 0.05) is 49.5 Å². The molecule has 0 unspecified atom stereocenters. The van der Waals surface area contributed by atoms with Crippen LogP contribution in [0.2, 0.25) is 0 Å². The molecule has 0 saturated heterocycles. The Balaban J connectivity index is 1.20. The second-order valence-corrected chi connectivity index (χ2v) is 14.2. The molecule has 0 atom stereocenters. The van der Waals surface area contributed by atoms with Crippen molar-refractivity contribution in [3.05, 3.63) is 200 Å². The summed E-state index contributed by atoms with van der Waals surface area (Å²) >= 11 is 0. The molecule has 0 saturated carbocycles. The van der Waals surface area contributed by atoms with Gasteiger partial charge in [-0.3, -0.25) is 0 Å². The SMILES string of the molecule is Fc1cccc(-c2ccc(-c3nc(-c4ccccc4)nc(-c4ccccc4)n3)cc2-n2c3ccccc3c3ccc(-n4c5ccccc5c5ccccc54)cc32)c1. The summed E-state index contributed by atoms with van der Waals surface area (Å²) in [6, 6.07) is 65.3. The Labute approximate surface area is 327 Å². The standard InChI is InChI=1S/C51H32FN5/c52-37-19-13-18-35(30-37)39-28-26-36(51-54-49(33-14-3-1-4-15-33)53-50(55-51)34-16-5-2-6-17-34)31-47(39)57-46-25-12-9-22-42(46)43-29-27-38(32-48(43)57)56-44-23-10-7-20-40(44)41-21-8-11-24-45(41)56/h1-32H. The van der Waals surface area contributed by atoms with Gasteiger partial charge in [-0.1, -0.05) is 146 Å². The molecule has 268 valence electrons. The van der Waals surface area contributed by atoms with Gasteiger partial charge in [-0.25, -0.2) is 19.3 Å². The van der Waals surface area contributed by atoms with Crippen LogP contribution in [-0.2, 0) is 0 Å². The van der Waals surface area contributed by atoms with Crippen molar-refractivity contribution in [2.75, 3.05) is 0 Å². The summed E-state index contributed by atoms with van der Waals surface area (Å²) in [5.41, 5.74) is 10.5. The lowest BCUT2D eigenvalue weighted by molar-refractivity contribution is 0.628. The van der Waals surface area contributed by atoms with Crippen molar-refractivity contribution in [1.82, 2.24) is 24.1 Å². The second-order valence-electron chi connectivity index (χ2n) is 14.2. The van der Waals surface area contributed by atoms with E-state index in [1.807, 2.05) is 72.8 Å². The molecule has 3 heterocycles. The Morgan fingerprint density at radius 3 is 1.40 bits per heavy atom. The third-order valence-electron chi connectivity index (χ3n) is 10.8. The van der Waals surface area contributed by atoms with Gasteiger partial charge in [0.2, 0.25) is 0 Å². The lowest BCUT2D eigenvalue weighted by atomic mass is 10.00. The molecule has 0 N–H and O–H groups in total. The largest absolute Gasteiger partial charge is 0.309 e. The zero-order chi connectivity index (χ0) is 37.9. The van der Waals surface area contributed by atoms with E-state index in [0.29, 0.717) is 17.5 Å². The Bertz CT molecular complexity index is 3200. The molecule has 3 aromatic heterocycles.